The molecule has 2 aromatic heterocycles. The van der Waals surface area contributed by atoms with Gasteiger partial charge in [0, 0.05) is 29.4 Å². The van der Waals surface area contributed by atoms with E-state index in [-0.39, 0.29) is 5.69 Å². The number of halogens is 3. The summed E-state index contributed by atoms with van der Waals surface area (Å²) < 4.78 is 40.4. The Morgan fingerprint density at radius 1 is 1.00 bits per heavy atom. The van der Waals surface area contributed by atoms with E-state index in [4.69, 9.17) is 4.98 Å². The molecule has 1 aliphatic carbocycles. The third-order valence-electron chi connectivity index (χ3n) is 5.45. The van der Waals surface area contributed by atoms with Crippen LogP contribution in [0.1, 0.15) is 11.3 Å². The van der Waals surface area contributed by atoms with Crippen molar-refractivity contribution >= 4 is 34.0 Å². The largest absolute Gasteiger partial charge is 0.416 e. The Kier molecular flexibility index (Phi) is 5.16. The second-order valence-corrected chi connectivity index (χ2v) is 7.78. The normalized spacial score (nSPS) is 12.9. The van der Waals surface area contributed by atoms with Crippen molar-refractivity contribution in [3.8, 4) is 11.1 Å². The number of hydrogen-bond acceptors (Lipinski definition) is 3. The topological polar surface area (TPSA) is 71.8 Å². The van der Waals surface area contributed by atoms with Gasteiger partial charge in [-0.25, -0.2) is 9.78 Å². The standard InChI is InChI=1S/C25H18F3N5O/c1-33-23-21(14-29-33)20(13-22(32-23)16-4-2-5-16)15-8-10-18(11-9-15)30-24(34)31-19-7-3-6-17(12-19)25(26,27)28/h2-14H,1H3,(H2,30,31,34). The van der Waals surface area contributed by atoms with Gasteiger partial charge in [0.25, 0.3) is 0 Å². The van der Waals surface area contributed by atoms with E-state index in [1.165, 1.54) is 12.1 Å². The van der Waals surface area contributed by atoms with Gasteiger partial charge in [-0.15, -0.1) is 0 Å². The van der Waals surface area contributed by atoms with E-state index in [1.54, 1.807) is 23.0 Å². The van der Waals surface area contributed by atoms with Crippen molar-refractivity contribution < 1.29 is 18.0 Å². The fourth-order valence-corrected chi connectivity index (χ4v) is 3.66. The molecule has 6 nitrogen and oxygen atoms in total. The monoisotopic (exact) mass is 461 g/mol. The first-order chi connectivity index (χ1) is 16.3. The zero-order chi connectivity index (χ0) is 23.9. The number of urea groups is 1. The summed E-state index contributed by atoms with van der Waals surface area (Å²) >= 11 is 0. The molecule has 0 spiro atoms. The number of aromatic nitrogens is 3. The van der Waals surface area contributed by atoms with E-state index >= 15 is 0 Å². The van der Waals surface area contributed by atoms with Gasteiger partial charge in [0.1, 0.15) is 0 Å². The van der Waals surface area contributed by atoms with Crippen LogP contribution in [0, 0.1) is 0 Å². The number of aryl methyl sites for hydroxylation is 1. The minimum absolute atomic E-state index is 0.0478. The van der Waals surface area contributed by atoms with Crippen molar-refractivity contribution in [1.29, 1.82) is 0 Å². The van der Waals surface area contributed by atoms with Crippen LogP contribution in [0.2, 0.25) is 0 Å². The summed E-state index contributed by atoms with van der Waals surface area (Å²) in [5.74, 6) is 0. The number of hydrogen-bond donors (Lipinski definition) is 2. The third-order valence-corrected chi connectivity index (χ3v) is 5.45. The van der Waals surface area contributed by atoms with E-state index in [2.05, 4.69) is 15.7 Å². The number of fused-ring (bicyclic) bond motifs is 1. The van der Waals surface area contributed by atoms with Crippen molar-refractivity contribution in [2.45, 2.75) is 6.18 Å². The number of amides is 2. The lowest BCUT2D eigenvalue weighted by Gasteiger charge is -2.12. The molecule has 2 N–H and O–H groups in total. The summed E-state index contributed by atoms with van der Waals surface area (Å²) in [6.07, 6.45) is 3.22. The van der Waals surface area contributed by atoms with Gasteiger partial charge in [-0.05, 0) is 47.5 Å². The third kappa shape index (κ3) is 4.15. The van der Waals surface area contributed by atoms with Crippen LogP contribution < -0.4 is 10.6 Å². The lowest BCUT2D eigenvalue weighted by molar-refractivity contribution is -0.137. The van der Waals surface area contributed by atoms with E-state index < -0.39 is 17.8 Å². The van der Waals surface area contributed by atoms with Crippen molar-refractivity contribution in [3.05, 3.63) is 90.3 Å². The summed E-state index contributed by atoms with van der Waals surface area (Å²) in [5, 5.41) is 10.3. The Hall–Kier alpha value is -4.40. The summed E-state index contributed by atoms with van der Waals surface area (Å²) in [6, 6.07) is 13.0. The average Bonchev–Trinajstić information content (AvgIpc) is 3.13. The molecule has 0 atom stereocenters. The van der Waals surface area contributed by atoms with E-state index in [9.17, 15) is 18.0 Å². The molecule has 0 unspecified atom stereocenters. The maximum atomic E-state index is 12.9. The van der Waals surface area contributed by atoms with Crippen LogP contribution in [0.15, 0.2) is 79.0 Å². The van der Waals surface area contributed by atoms with Gasteiger partial charge in [-0.3, -0.25) is 4.68 Å². The molecule has 0 saturated heterocycles. The number of allylic oxidation sites excluding steroid dienone is 4. The zero-order valence-corrected chi connectivity index (χ0v) is 17.9. The molecule has 4 aromatic rings. The van der Waals surface area contributed by atoms with Gasteiger partial charge in [0.2, 0.25) is 0 Å². The van der Waals surface area contributed by atoms with E-state index in [1.807, 2.05) is 43.5 Å². The second kappa shape index (κ2) is 8.18. The smallest absolute Gasteiger partial charge is 0.308 e. The van der Waals surface area contributed by atoms with Gasteiger partial charge < -0.3 is 10.6 Å². The summed E-state index contributed by atoms with van der Waals surface area (Å²) in [5.41, 5.74) is 4.22. The molecule has 0 fully saturated rings. The van der Waals surface area contributed by atoms with Gasteiger partial charge in [0.05, 0.1) is 17.5 Å². The molecule has 170 valence electrons. The quantitative estimate of drug-likeness (QED) is 0.377. The number of pyridine rings is 1. The molecule has 0 aliphatic heterocycles. The molecule has 1 aliphatic rings. The Bertz CT molecular complexity index is 1470. The molecular weight excluding hydrogens is 443 g/mol. The fraction of sp³-hybridized carbons (Fsp3) is 0.0800. The highest BCUT2D eigenvalue weighted by atomic mass is 19.4. The first-order valence-electron chi connectivity index (χ1n) is 10.4. The maximum Gasteiger partial charge on any atom is 0.416 e. The molecular formula is C25H18F3N5O. The average molecular weight is 461 g/mol. The maximum absolute atomic E-state index is 12.9. The highest BCUT2D eigenvalue weighted by molar-refractivity contribution is 6.00. The Labute approximate surface area is 192 Å². The lowest BCUT2D eigenvalue weighted by atomic mass is 9.98. The minimum Gasteiger partial charge on any atom is -0.308 e. The SMILES string of the molecule is Cn1ncc2c(-c3ccc(NC(=O)Nc4cccc(C(F)(F)F)c4)cc3)cc(C3=CC=C3)nc21. The number of benzene rings is 2. The predicted octanol–water partition coefficient (Wildman–Crippen LogP) is 6.25. The Balaban J connectivity index is 1.36. The van der Waals surface area contributed by atoms with Crippen molar-refractivity contribution in [2.24, 2.45) is 7.05 Å². The van der Waals surface area contributed by atoms with Crippen LogP contribution in [-0.2, 0) is 13.2 Å². The lowest BCUT2D eigenvalue weighted by Crippen LogP contribution is -2.19. The molecule has 0 radical (unpaired) electrons. The van der Waals surface area contributed by atoms with E-state index in [0.29, 0.717) is 5.69 Å². The number of carbonyl (C=O) groups excluding carboxylic acids is 1. The number of anilines is 2. The molecule has 34 heavy (non-hydrogen) atoms. The van der Waals surface area contributed by atoms with Crippen molar-refractivity contribution in [3.63, 3.8) is 0 Å². The highest BCUT2D eigenvalue weighted by Crippen LogP contribution is 2.33. The van der Waals surface area contributed by atoms with Crippen molar-refractivity contribution in [1.82, 2.24) is 14.8 Å². The van der Waals surface area contributed by atoms with E-state index in [0.717, 1.165) is 45.6 Å². The molecule has 5 rings (SSSR count). The van der Waals surface area contributed by atoms with Crippen LogP contribution >= 0.6 is 0 Å². The number of nitrogens with one attached hydrogen (secondary N) is 2. The summed E-state index contributed by atoms with van der Waals surface area (Å²) in [7, 11) is 1.84. The molecule has 9 heteroatoms. The number of rotatable bonds is 4. The summed E-state index contributed by atoms with van der Waals surface area (Å²) in [4.78, 5) is 17.0. The first-order valence-corrected chi connectivity index (χ1v) is 10.4. The van der Waals surface area contributed by atoms with Gasteiger partial charge >= 0.3 is 12.2 Å². The molecule has 0 saturated carbocycles. The second-order valence-electron chi connectivity index (χ2n) is 7.78. The van der Waals surface area contributed by atoms with Crippen LogP contribution in [0.5, 0.6) is 0 Å². The van der Waals surface area contributed by atoms with Crippen LogP contribution in [0.25, 0.3) is 27.7 Å². The zero-order valence-electron chi connectivity index (χ0n) is 17.9. The molecule has 2 heterocycles. The number of nitrogens with zero attached hydrogens (tertiary/aromatic N) is 3. The Morgan fingerprint density at radius 2 is 1.74 bits per heavy atom. The number of alkyl halides is 3. The van der Waals surface area contributed by atoms with Crippen molar-refractivity contribution in [2.75, 3.05) is 10.6 Å². The van der Waals surface area contributed by atoms with Crippen LogP contribution in [0.4, 0.5) is 29.3 Å². The molecule has 0 bridgehead atoms. The number of carbonyl (C=O) groups is 1. The molecule has 2 amide bonds. The Morgan fingerprint density at radius 3 is 2.41 bits per heavy atom. The van der Waals surface area contributed by atoms with Gasteiger partial charge in [-0.2, -0.15) is 18.3 Å². The van der Waals surface area contributed by atoms with Crippen LogP contribution in [0.3, 0.4) is 0 Å². The predicted molar refractivity (Wildman–Crippen MR) is 125 cm³/mol. The summed E-state index contributed by atoms with van der Waals surface area (Å²) in [6.45, 7) is 0. The van der Waals surface area contributed by atoms with Gasteiger partial charge in [-0.1, -0.05) is 36.4 Å². The van der Waals surface area contributed by atoms with Crippen LogP contribution in [-0.4, -0.2) is 20.8 Å². The highest BCUT2D eigenvalue weighted by Gasteiger charge is 2.30. The molecule has 2 aromatic carbocycles. The fourth-order valence-electron chi connectivity index (χ4n) is 3.66. The minimum atomic E-state index is -4.48. The first kappa shape index (κ1) is 21.4. The van der Waals surface area contributed by atoms with Gasteiger partial charge in [0.15, 0.2) is 5.65 Å².